The first-order chi connectivity index (χ1) is 17.1. The van der Waals surface area contributed by atoms with Crippen LogP contribution in [0.1, 0.15) is 23.1 Å². The number of nitrogens with zero attached hydrogens (tertiary/aromatic N) is 4. The molecule has 0 aliphatic carbocycles. The van der Waals surface area contributed by atoms with Crippen molar-refractivity contribution in [2.45, 2.75) is 25.6 Å². The molecule has 0 bridgehead atoms. The first-order valence-corrected chi connectivity index (χ1v) is 11.1. The van der Waals surface area contributed by atoms with E-state index in [9.17, 15) is 27.9 Å². The van der Waals surface area contributed by atoms with E-state index in [4.69, 9.17) is 16.3 Å². The molecule has 0 saturated heterocycles. The van der Waals surface area contributed by atoms with Gasteiger partial charge in [-0.05, 0) is 30.2 Å². The smallest absolute Gasteiger partial charge is 0.418 e. The first kappa shape index (κ1) is 25.4. The predicted molar refractivity (Wildman–Crippen MR) is 127 cm³/mol. The lowest BCUT2D eigenvalue weighted by molar-refractivity contribution is -0.137. The van der Waals surface area contributed by atoms with Gasteiger partial charge in [0, 0.05) is 43.4 Å². The van der Waals surface area contributed by atoms with Gasteiger partial charge >= 0.3 is 11.9 Å². The molecule has 0 radical (unpaired) electrons. The van der Waals surface area contributed by atoms with E-state index in [0.717, 1.165) is 22.4 Å². The first-order valence-electron chi connectivity index (χ1n) is 10.8. The van der Waals surface area contributed by atoms with E-state index >= 15 is 0 Å². The second-order valence-corrected chi connectivity index (χ2v) is 8.42. The summed E-state index contributed by atoms with van der Waals surface area (Å²) in [5.41, 5.74) is -1.12. The van der Waals surface area contributed by atoms with Crippen LogP contribution < -0.4 is 16.0 Å². The summed E-state index contributed by atoms with van der Waals surface area (Å²) in [6.45, 7) is -0.254. The lowest BCUT2D eigenvalue weighted by Gasteiger charge is -2.17. The third-order valence-corrected chi connectivity index (χ3v) is 5.78. The van der Waals surface area contributed by atoms with Crippen molar-refractivity contribution in [3.05, 3.63) is 91.5 Å². The Labute approximate surface area is 207 Å². The van der Waals surface area contributed by atoms with Gasteiger partial charge in [-0.1, -0.05) is 23.7 Å². The van der Waals surface area contributed by atoms with Crippen LogP contribution in [0.4, 0.5) is 13.2 Å². The van der Waals surface area contributed by atoms with Crippen LogP contribution in [0.2, 0.25) is 5.02 Å². The second-order valence-electron chi connectivity index (χ2n) is 7.99. The van der Waals surface area contributed by atoms with Crippen LogP contribution in [0.5, 0.6) is 11.5 Å². The number of aromatic nitrogens is 4. The summed E-state index contributed by atoms with van der Waals surface area (Å²) in [7, 11) is 1.45. The fourth-order valence-electron chi connectivity index (χ4n) is 3.75. The van der Waals surface area contributed by atoms with E-state index in [1.807, 2.05) is 0 Å². The van der Waals surface area contributed by atoms with Crippen molar-refractivity contribution in [1.29, 1.82) is 0 Å². The highest BCUT2D eigenvalue weighted by Gasteiger charge is 2.31. The van der Waals surface area contributed by atoms with Gasteiger partial charge in [-0.25, -0.2) is 9.78 Å². The molecule has 1 N–H and O–H groups in total. The van der Waals surface area contributed by atoms with Crippen molar-refractivity contribution in [2.24, 2.45) is 7.05 Å². The highest BCUT2D eigenvalue weighted by atomic mass is 35.5. The second kappa shape index (κ2) is 10.1. The van der Waals surface area contributed by atoms with Gasteiger partial charge in [0.2, 0.25) is 0 Å². The molecular weight excluding hydrogens is 501 g/mol. The van der Waals surface area contributed by atoms with Crippen LogP contribution in [-0.2, 0) is 26.2 Å². The topological polar surface area (TPSA) is 99.2 Å². The molecular formula is C24H20ClF3N4O4. The Morgan fingerprint density at radius 3 is 2.50 bits per heavy atom. The Kier molecular flexibility index (Phi) is 7.14. The van der Waals surface area contributed by atoms with Crippen molar-refractivity contribution >= 4 is 22.6 Å². The molecule has 188 valence electrons. The summed E-state index contributed by atoms with van der Waals surface area (Å²) in [6, 6.07) is 7.58. The minimum absolute atomic E-state index is 0.0268. The molecule has 12 heteroatoms. The predicted octanol–water partition coefficient (Wildman–Crippen LogP) is 3.93. The maximum Gasteiger partial charge on any atom is 0.418 e. The third kappa shape index (κ3) is 5.12. The molecule has 0 aliphatic heterocycles. The average molecular weight is 521 g/mol. The van der Waals surface area contributed by atoms with Crippen molar-refractivity contribution < 1.29 is 23.0 Å². The van der Waals surface area contributed by atoms with Gasteiger partial charge < -0.3 is 9.84 Å². The molecule has 8 nitrogen and oxygen atoms in total. The van der Waals surface area contributed by atoms with Gasteiger partial charge in [-0.15, -0.1) is 0 Å². The molecule has 4 aromatic rings. The minimum atomic E-state index is -4.63. The summed E-state index contributed by atoms with van der Waals surface area (Å²) in [5.74, 6) is -0.170. The lowest BCUT2D eigenvalue weighted by Crippen LogP contribution is -2.40. The van der Waals surface area contributed by atoms with Gasteiger partial charge in [-0.3, -0.25) is 18.9 Å². The average Bonchev–Trinajstić information content (AvgIpc) is 2.84. The largest absolute Gasteiger partial charge is 0.454 e. The standard InChI is InChI=1S/C24H20ClF3N4O4/c1-31-21-20(22(34)32(23(31)35)7-2-8-33)18(9-14-3-5-16(25)6-4-14)19(13-30-21)36-17-10-15(11-29-12-17)24(26,27)28/h3-6,10-13,33H,2,7-9H2,1H3. The quantitative estimate of drug-likeness (QED) is 0.396. The normalized spacial score (nSPS) is 11.7. The number of alkyl halides is 3. The van der Waals surface area contributed by atoms with Gasteiger partial charge in [-0.2, -0.15) is 13.2 Å². The number of rotatable bonds is 7. The zero-order valence-electron chi connectivity index (χ0n) is 18.9. The third-order valence-electron chi connectivity index (χ3n) is 5.52. The fraction of sp³-hybridized carbons (Fsp3) is 0.250. The van der Waals surface area contributed by atoms with Gasteiger partial charge in [0.05, 0.1) is 23.3 Å². The zero-order valence-corrected chi connectivity index (χ0v) is 19.7. The maximum absolute atomic E-state index is 13.5. The molecule has 1 aromatic carbocycles. The summed E-state index contributed by atoms with van der Waals surface area (Å²) >= 11 is 5.99. The summed E-state index contributed by atoms with van der Waals surface area (Å²) in [4.78, 5) is 34.0. The summed E-state index contributed by atoms with van der Waals surface area (Å²) in [6.07, 6.45) is -1.27. The lowest BCUT2D eigenvalue weighted by atomic mass is 10.0. The molecule has 4 rings (SSSR count). The number of ether oxygens (including phenoxy) is 1. The molecule has 0 fully saturated rings. The molecule has 0 unspecified atom stereocenters. The number of aliphatic hydroxyl groups excluding tert-OH is 1. The monoisotopic (exact) mass is 520 g/mol. The Bertz CT molecular complexity index is 1530. The highest BCUT2D eigenvalue weighted by molar-refractivity contribution is 6.30. The van der Waals surface area contributed by atoms with Crippen molar-refractivity contribution in [1.82, 2.24) is 19.1 Å². The minimum Gasteiger partial charge on any atom is -0.454 e. The maximum atomic E-state index is 13.5. The van der Waals surface area contributed by atoms with E-state index in [-0.39, 0.29) is 48.5 Å². The van der Waals surface area contributed by atoms with E-state index in [1.165, 1.54) is 17.8 Å². The van der Waals surface area contributed by atoms with Crippen LogP contribution in [0.3, 0.4) is 0 Å². The number of fused-ring (bicyclic) bond motifs is 1. The number of benzene rings is 1. The molecule has 0 atom stereocenters. The number of hydrogen-bond donors (Lipinski definition) is 1. The molecule has 3 heterocycles. The van der Waals surface area contributed by atoms with E-state index < -0.39 is 23.0 Å². The highest BCUT2D eigenvalue weighted by Crippen LogP contribution is 2.34. The van der Waals surface area contributed by atoms with Crippen molar-refractivity contribution in [2.75, 3.05) is 6.61 Å². The Morgan fingerprint density at radius 1 is 1.11 bits per heavy atom. The SMILES string of the molecule is Cn1c(=O)n(CCCO)c(=O)c2c(Cc3ccc(Cl)cc3)c(Oc3cncc(C(F)(F)F)c3)cnc21. The van der Waals surface area contributed by atoms with Gasteiger partial charge in [0.15, 0.2) is 0 Å². The van der Waals surface area contributed by atoms with Gasteiger partial charge in [0.1, 0.15) is 17.1 Å². The van der Waals surface area contributed by atoms with Crippen molar-refractivity contribution in [3.63, 3.8) is 0 Å². The van der Waals surface area contributed by atoms with Crippen LogP contribution in [0.15, 0.2) is 58.5 Å². The number of aryl methyl sites for hydroxylation is 1. The van der Waals surface area contributed by atoms with Crippen LogP contribution in [0.25, 0.3) is 11.0 Å². The number of pyridine rings is 2. The molecule has 0 spiro atoms. The van der Waals surface area contributed by atoms with E-state index in [2.05, 4.69) is 9.97 Å². The van der Waals surface area contributed by atoms with Crippen LogP contribution in [-0.4, -0.2) is 30.8 Å². The summed E-state index contributed by atoms with van der Waals surface area (Å²) in [5, 5.41) is 9.77. The van der Waals surface area contributed by atoms with E-state index in [1.54, 1.807) is 24.3 Å². The Balaban J connectivity index is 1.94. The molecule has 0 saturated carbocycles. The van der Waals surface area contributed by atoms with Crippen molar-refractivity contribution in [3.8, 4) is 11.5 Å². The van der Waals surface area contributed by atoms with Crippen LogP contribution in [0, 0.1) is 0 Å². The Hall–Kier alpha value is -3.70. The Morgan fingerprint density at radius 2 is 1.83 bits per heavy atom. The molecule has 0 amide bonds. The fourth-order valence-corrected chi connectivity index (χ4v) is 3.87. The number of aliphatic hydroxyl groups is 1. The van der Waals surface area contributed by atoms with Crippen LogP contribution >= 0.6 is 11.6 Å². The zero-order chi connectivity index (χ0) is 26.0. The molecule has 36 heavy (non-hydrogen) atoms. The van der Waals surface area contributed by atoms with Gasteiger partial charge in [0.25, 0.3) is 5.56 Å². The van der Waals surface area contributed by atoms with E-state index in [0.29, 0.717) is 16.8 Å². The summed E-state index contributed by atoms with van der Waals surface area (Å²) < 4.78 is 47.5. The molecule has 0 aliphatic rings. The molecule has 3 aromatic heterocycles. The number of hydrogen-bond acceptors (Lipinski definition) is 6. The number of halogens is 4.